The highest BCUT2D eigenvalue weighted by Gasteiger charge is 2.24. The van der Waals surface area contributed by atoms with Gasteiger partial charge >= 0.3 is 0 Å². The van der Waals surface area contributed by atoms with Crippen molar-refractivity contribution in [3.05, 3.63) is 64.2 Å². The number of rotatable bonds is 4. The van der Waals surface area contributed by atoms with E-state index in [2.05, 4.69) is 5.32 Å². The van der Waals surface area contributed by atoms with Crippen LogP contribution in [0.3, 0.4) is 0 Å². The van der Waals surface area contributed by atoms with E-state index in [-0.39, 0.29) is 17.9 Å². The molecule has 2 amide bonds. The summed E-state index contributed by atoms with van der Waals surface area (Å²) < 4.78 is 0. The molecule has 0 saturated heterocycles. The fourth-order valence-electron chi connectivity index (χ4n) is 3.11. The van der Waals surface area contributed by atoms with Crippen molar-refractivity contribution in [1.29, 1.82) is 0 Å². The van der Waals surface area contributed by atoms with Crippen LogP contribution in [0.4, 0.5) is 5.69 Å². The highest BCUT2D eigenvalue weighted by Crippen LogP contribution is 2.29. The summed E-state index contributed by atoms with van der Waals surface area (Å²) in [5.41, 5.74) is 3.59. The van der Waals surface area contributed by atoms with Gasteiger partial charge in [0.05, 0.1) is 6.04 Å². The Hall–Kier alpha value is -2.33. The molecule has 2 aromatic rings. The minimum absolute atomic E-state index is 0.115. The van der Waals surface area contributed by atoms with E-state index in [4.69, 9.17) is 11.6 Å². The molecule has 5 heteroatoms. The van der Waals surface area contributed by atoms with Gasteiger partial charge < -0.3 is 10.2 Å². The van der Waals surface area contributed by atoms with Crippen LogP contribution in [0.5, 0.6) is 0 Å². The Labute approximate surface area is 152 Å². The van der Waals surface area contributed by atoms with Crippen molar-refractivity contribution >= 4 is 29.1 Å². The average Bonchev–Trinajstić information content (AvgIpc) is 3.04. The van der Waals surface area contributed by atoms with E-state index in [1.165, 1.54) is 0 Å². The smallest absolute Gasteiger partial charge is 0.251 e. The molecule has 0 spiro atoms. The zero-order valence-electron chi connectivity index (χ0n) is 14.4. The van der Waals surface area contributed by atoms with Gasteiger partial charge in [0.2, 0.25) is 5.91 Å². The number of amides is 2. The van der Waals surface area contributed by atoms with E-state index in [1.54, 1.807) is 11.0 Å². The number of benzene rings is 2. The number of carbonyl (C=O) groups is 2. The van der Waals surface area contributed by atoms with Gasteiger partial charge in [0.15, 0.2) is 0 Å². The summed E-state index contributed by atoms with van der Waals surface area (Å²) in [4.78, 5) is 26.3. The summed E-state index contributed by atoms with van der Waals surface area (Å²) >= 11 is 5.90. The lowest BCUT2D eigenvalue weighted by Gasteiger charge is -2.17. The molecule has 25 heavy (non-hydrogen) atoms. The summed E-state index contributed by atoms with van der Waals surface area (Å²) in [5.74, 6) is -0.00201. The van der Waals surface area contributed by atoms with Crippen LogP contribution < -0.4 is 10.2 Å². The molecule has 1 N–H and O–H groups in total. The number of nitrogens with zero attached hydrogens (tertiary/aromatic N) is 1. The molecule has 1 heterocycles. The van der Waals surface area contributed by atoms with E-state index >= 15 is 0 Å². The third-order valence-electron chi connectivity index (χ3n) is 4.56. The lowest BCUT2D eigenvalue weighted by Crippen LogP contribution is -2.28. The second-order valence-corrected chi connectivity index (χ2v) is 6.68. The Bertz CT molecular complexity index is 802. The third kappa shape index (κ3) is 3.69. The summed E-state index contributed by atoms with van der Waals surface area (Å²) in [6.07, 6.45) is 1.27. The summed E-state index contributed by atoms with van der Waals surface area (Å²) in [7, 11) is 0. The zero-order chi connectivity index (χ0) is 18.0. The van der Waals surface area contributed by atoms with Crippen LogP contribution in [-0.2, 0) is 11.2 Å². The minimum Gasteiger partial charge on any atom is -0.346 e. The molecular weight excluding hydrogens is 336 g/mol. The Balaban J connectivity index is 1.73. The van der Waals surface area contributed by atoms with E-state index < -0.39 is 0 Å². The molecule has 130 valence electrons. The van der Waals surface area contributed by atoms with Crippen LogP contribution in [0.1, 0.15) is 47.8 Å². The third-order valence-corrected chi connectivity index (χ3v) is 4.81. The number of nitrogens with one attached hydrogen (secondary N) is 1. The Morgan fingerprint density at radius 3 is 2.60 bits per heavy atom. The van der Waals surface area contributed by atoms with Gasteiger partial charge in [-0.1, -0.05) is 30.7 Å². The van der Waals surface area contributed by atoms with Crippen molar-refractivity contribution in [3.8, 4) is 0 Å². The average molecular weight is 357 g/mol. The normalized spacial score (nSPS) is 14.1. The number of carbonyl (C=O) groups excluding carboxylic acids is 2. The van der Waals surface area contributed by atoms with Gasteiger partial charge in [-0.3, -0.25) is 9.59 Å². The molecule has 0 saturated carbocycles. The van der Waals surface area contributed by atoms with E-state index in [9.17, 15) is 9.59 Å². The van der Waals surface area contributed by atoms with Gasteiger partial charge in [-0.05, 0) is 54.8 Å². The monoisotopic (exact) mass is 356 g/mol. The van der Waals surface area contributed by atoms with Crippen molar-refractivity contribution < 1.29 is 9.59 Å². The fraction of sp³-hybridized carbons (Fsp3) is 0.300. The van der Waals surface area contributed by atoms with Gasteiger partial charge in [0.1, 0.15) is 0 Å². The zero-order valence-corrected chi connectivity index (χ0v) is 15.1. The molecule has 1 atom stereocenters. The van der Waals surface area contributed by atoms with Gasteiger partial charge in [0.25, 0.3) is 5.91 Å². The number of halogens is 1. The summed E-state index contributed by atoms with van der Waals surface area (Å²) in [5, 5.41) is 3.68. The van der Waals surface area contributed by atoms with Crippen molar-refractivity contribution in [1.82, 2.24) is 5.32 Å². The topological polar surface area (TPSA) is 49.4 Å². The van der Waals surface area contributed by atoms with E-state index in [1.807, 2.05) is 50.2 Å². The van der Waals surface area contributed by atoms with Crippen molar-refractivity contribution in [2.45, 2.75) is 32.7 Å². The molecule has 0 aromatic heterocycles. The maximum absolute atomic E-state index is 12.5. The molecular formula is C20H21ClN2O2. The maximum Gasteiger partial charge on any atom is 0.251 e. The van der Waals surface area contributed by atoms with Crippen LogP contribution in [0.15, 0.2) is 42.5 Å². The first-order valence-electron chi connectivity index (χ1n) is 8.49. The lowest BCUT2D eigenvalue weighted by atomic mass is 10.1. The molecule has 0 unspecified atom stereocenters. The minimum atomic E-state index is -0.120. The fourth-order valence-corrected chi connectivity index (χ4v) is 3.23. The van der Waals surface area contributed by atoms with Crippen LogP contribution in [-0.4, -0.2) is 18.4 Å². The molecule has 0 radical (unpaired) electrons. The van der Waals surface area contributed by atoms with Gasteiger partial charge in [-0.15, -0.1) is 0 Å². The number of anilines is 1. The largest absolute Gasteiger partial charge is 0.346 e. The first kappa shape index (κ1) is 17.5. The molecule has 0 bridgehead atoms. The summed E-state index contributed by atoms with van der Waals surface area (Å²) in [6, 6.07) is 12.9. The standard InChI is InChI=1S/C20H21ClN2O2/c1-3-19(24)23-11-10-15-12-16(6-9-18(15)23)20(25)22-13(2)14-4-7-17(21)8-5-14/h4-9,12-13H,3,10-11H2,1-2H3,(H,22,25)/t13-/m0/s1. The molecule has 1 aliphatic heterocycles. The van der Waals surface area contributed by atoms with Crippen LogP contribution in [0.2, 0.25) is 5.02 Å². The SMILES string of the molecule is CCC(=O)N1CCc2cc(C(=O)N[C@@H](C)c3ccc(Cl)cc3)ccc21. The molecule has 3 rings (SSSR count). The predicted molar refractivity (Wildman–Crippen MR) is 100 cm³/mol. The van der Waals surface area contributed by atoms with E-state index in [0.29, 0.717) is 23.6 Å². The highest BCUT2D eigenvalue weighted by molar-refractivity contribution is 6.30. The Morgan fingerprint density at radius 2 is 1.92 bits per heavy atom. The number of hydrogen-bond acceptors (Lipinski definition) is 2. The number of fused-ring (bicyclic) bond motifs is 1. The number of hydrogen-bond donors (Lipinski definition) is 1. The lowest BCUT2D eigenvalue weighted by molar-refractivity contribution is -0.118. The second-order valence-electron chi connectivity index (χ2n) is 6.24. The Morgan fingerprint density at radius 1 is 1.20 bits per heavy atom. The van der Waals surface area contributed by atoms with Crippen molar-refractivity contribution in [2.75, 3.05) is 11.4 Å². The van der Waals surface area contributed by atoms with E-state index in [0.717, 1.165) is 23.2 Å². The summed E-state index contributed by atoms with van der Waals surface area (Å²) in [6.45, 7) is 4.49. The van der Waals surface area contributed by atoms with Crippen LogP contribution >= 0.6 is 11.6 Å². The van der Waals surface area contributed by atoms with Crippen molar-refractivity contribution in [2.24, 2.45) is 0 Å². The molecule has 0 aliphatic carbocycles. The highest BCUT2D eigenvalue weighted by atomic mass is 35.5. The van der Waals surface area contributed by atoms with Gasteiger partial charge in [-0.25, -0.2) is 0 Å². The maximum atomic E-state index is 12.5. The molecule has 1 aliphatic rings. The molecule has 0 fully saturated rings. The first-order valence-corrected chi connectivity index (χ1v) is 8.87. The van der Waals surface area contributed by atoms with Gasteiger partial charge in [0, 0.05) is 29.2 Å². The molecule has 2 aromatic carbocycles. The van der Waals surface area contributed by atoms with Crippen LogP contribution in [0, 0.1) is 0 Å². The second kappa shape index (κ2) is 7.28. The van der Waals surface area contributed by atoms with Crippen LogP contribution in [0.25, 0.3) is 0 Å². The Kier molecular flexibility index (Phi) is 5.09. The van der Waals surface area contributed by atoms with Crippen molar-refractivity contribution in [3.63, 3.8) is 0 Å². The quantitative estimate of drug-likeness (QED) is 0.895. The first-order chi connectivity index (χ1) is 12.0. The molecule has 4 nitrogen and oxygen atoms in total. The predicted octanol–water partition coefficient (Wildman–Crippen LogP) is 4.13. The van der Waals surface area contributed by atoms with Gasteiger partial charge in [-0.2, -0.15) is 0 Å².